The third kappa shape index (κ3) is 2.97. The Morgan fingerprint density at radius 1 is 1.11 bits per heavy atom. The molecule has 0 aromatic carbocycles. The predicted octanol–water partition coefficient (Wildman–Crippen LogP) is 0.00780. The SMILES string of the molecule is CCOC(=O)N1CCN(C(=O)C2CC2C(=O)O)CC1. The summed E-state index contributed by atoms with van der Waals surface area (Å²) in [6.45, 7) is 3.85. The first-order valence-corrected chi connectivity index (χ1v) is 6.48. The minimum atomic E-state index is -0.900. The first kappa shape index (κ1) is 13.6. The predicted molar refractivity (Wildman–Crippen MR) is 64.4 cm³/mol. The Morgan fingerprint density at radius 3 is 2.16 bits per heavy atom. The van der Waals surface area contributed by atoms with Crippen molar-refractivity contribution in [2.45, 2.75) is 13.3 Å². The molecular formula is C12H18N2O5. The molecule has 0 bridgehead atoms. The zero-order chi connectivity index (χ0) is 14.0. The molecule has 1 saturated carbocycles. The highest BCUT2D eigenvalue weighted by Crippen LogP contribution is 2.40. The molecule has 1 aliphatic heterocycles. The molecule has 19 heavy (non-hydrogen) atoms. The van der Waals surface area contributed by atoms with Crippen molar-refractivity contribution < 1.29 is 24.2 Å². The van der Waals surface area contributed by atoms with Gasteiger partial charge in [0.2, 0.25) is 5.91 Å². The molecule has 1 aliphatic carbocycles. The molecular weight excluding hydrogens is 252 g/mol. The lowest BCUT2D eigenvalue weighted by Gasteiger charge is -2.34. The van der Waals surface area contributed by atoms with Gasteiger partial charge in [0.25, 0.3) is 0 Å². The Hall–Kier alpha value is -1.79. The summed E-state index contributed by atoms with van der Waals surface area (Å²) >= 11 is 0. The third-order valence-corrected chi connectivity index (χ3v) is 3.54. The molecule has 0 aromatic rings. The lowest BCUT2D eigenvalue weighted by atomic mass is 10.2. The summed E-state index contributed by atoms with van der Waals surface area (Å²) < 4.78 is 4.89. The van der Waals surface area contributed by atoms with Crippen molar-refractivity contribution >= 4 is 18.0 Å². The van der Waals surface area contributed by atoms with Crippen LogP contribution in [0.25, 0.3) is 0 Å². The molecule has 7 heteroatoms. The fourth-order valence-corrected chi connectivity index (χ4v) is 2.30. The highest BCUT2D eigenvalue weighted by molar-refractivity contribution is 5.89. The van der Waals surface area contributed by atoms with Gasteiger partial charge in [0, 0.05) is 26.2 Å². The number of rotatable bonds is 3. The number of carboxylic acids is 1. The van der Waals surface area contributed by atoms with Gasteiger partial charge in [-0.15, -0.1) is 0 Å². The van der Waals surface area contributed by atoms with Crippen molar-refractivity contribution in [1.29, 1.82) is 0 Å². The van der Waals surface area contributed by atoms with Crippen molar-refractivity contribution in [2.24, 2.45) is 11.8 Å². The molecule has 2 fully saturated rings. The lowest BCUT2D eigenvalue weighted by Crippen LogP contribution is -2.51. The molecule has 1 heterocycles. The van der Waals surface area contributed by atoms with Crippen LogP contribution in [0.5, 0.6) is 0 Å². The minimum absolute atomic E-state index is 0.101. The first-order chi connectivity index (χ1) is 9.04. The van der Waals surface area contributed by atoms with E-state index in [1.165, 1.54) is 0 Å². The van der Waals surface area contributed by atoms with Crippen LogP contribution in [0.3, 0.4) is 0 Å². The second-order valence-corrected chi connectivity index (χ2v) is 4.80. The summed E-state index contributed by atoms with van der Waals surface area (Å²) in [6.07, 6.45) is 0.0798. The van der Waals surface area contributed by atoms with E-state index in [0.29, 0.717) is 39.2 Å². The Kier molecular flexibility index (Phi) is 3.92. The van der Waals surface area contributed by atoms with E-state index < -0.39 is 11.9 Å². The third-order valence-electron chi connectivity index (χ3n) is 3.54. The van der Waals surface area contributed by atoms with Crippen LogP contribution in [-0.4, -0.2) is 65.7 Å². The summed E-state index contributed by atoms with van der Waals surface area (Å²) in [5.41, 5.74) is 0. The Balaban J connectivity index is 1.79. The number of carboxylic acid groups (broad SMARTS) is 1. The number of carbonyl (C=O) groups is 3. The number of amides is 2. The van der Waals surface area contributed by atoms with Gasteiger partial charge in [-0.05, 0) is 13.3 Å². The smallest absolute Gasteiger partial charge is 0.409 e. The molecule has 106 valence electrons. The molecule has 1 N–H and O–H groups in total. The van der Waals surface area contributed by atoms with Crippen molar-refractivity contribution in [3.8, 4) is 0 Å². The van der Waals surface area contributed by atoms with Gasteiger partial charge >= 0.3 is 12.1 Å². The summed E-state index contributed by atoms with van der Waals surface area (Å²) in [5.74, 6) is -1.89. The fraction of sp³-hybridized carbons (Fsp3) is 0.750. The molecule has 2 amide bonds. The van der Waals surface area contributed by atoms with Crippen LogP contribution < -0.4 is 0 Å². The van der Waals surface area contributed by atoms with Crippen LogP contribution in [0, 0.1) is 11.8 Å². The van der Waals surface area contributed by atoms with Crippen LogP contribution in [0.1, 0.15) is 13.3 Å². The van der Waals surface area contributed by atoms with Crippen molar-refractivity contribution in [3.05, 3.63) is 0 Å². The van der Waals surface area contributed by atoms with Gasteiger partial charge in [0.1, 0.15) is 0 Å². The molecule has 2 rings (SSSR count). The molecule has 0 aromatic heterocycles. The van der Waals surface area contributed by atoms with Crippen molar-refractivity contribution in [2.75, 3.05) is 32.8 Å². The second-order valence-electron chi connectivity index (χ2n) is 4.80. The number of carbonyl (C=O) groups excluding carboxylic acids is 2. The van der Waals surface area contributed by atoms with Gasteiger partial charge < -0.3 is 19.6 Å². The summed E-state index contributed by atoms with van der Waals surface area (Å²) in [5, 5.41) is 8.80. The average Bonchev–Trinajstić information content (AvgIpc) is 3.19. The van der Waals surface area contributed by atoms with Gasteiger partial charge in [0.05, 0.1) is 18.4 Å². The molecule has 2 aliphatic rings. The molecule has 2 atom stereocenters. The number of nitrogens with zero attached hydrogens (tertiary/aromatic N) is 2. The van der Waals surface area contributed by atoms with E-state index in [0.717, 1.165) is 0 Å². The van der Waals surface area contributed by atoms with E-state index in [-0.39, 0.29) is 17.9 Å². The first-order valence-electron chi connectivity index (χ1n) is 6.48. The zero-order valence-corrected chi connectivity index (χ0v) is 10.9. The zero-order valence-electron chi connectivity index (χ0n) is 10.9. The van der Waals surface area contributed by atoms with Crippen LogP contribution in [0.2, 0.25) is 0 Å². The minimum Gasteiger partial charge on any atom is -0.481 e. The number of hydrogen-bond donors (Lipinski definition) is 1. The van der Waals surface area contributed by atoms with Gasteiger partial charge in [-0.2, -0.15) is 0 Å². The molecule has 2 unspecified atom stereocenters. The largest absolute Gasteiger partial charge is 0.481 e. The number of aliphatic carboxylic acids is 1. The monoisotopic (exact) mass is 270 g/mol. The number of ether oxygens (including phenoxy) is 1. The standard InChI is InChI=1S/C12H18N2O5/c1-2-19-12(18)14-5-3-13(4-6-14)10(15)8-7-9(8)11(16)17/h8-9H,2-7H2,1H3,(H,16,17). The normalized spacial score (nSPS) is 25.9. The summed E-state index contributed by atoms with van der Waals surface area (Å²) in [4.78, 5) is 37.4. The summed E-state index contributed by atoms with van der Waals surface area (Å²) in [6, 6.07) is 0. The number of hydrogen-bond acceptors (Lipinski definition) is 4. The molecule has 0 spiro atoms. The van der Waals surface area contributed by atoms with E-state index in [1.54, 1.807) is 16.7 Å². The van der Waals surface area contributed by atoms with Gasteiger partial charge in [-0.3, -0.25) is 9.59 Å². The van der Waals surface area contributed by atoms with Crippen LogP contribution in [0.4, 0.5) is 4.79 Å². The van der Waals surface area contributed by atoms with Gasteiger partial charge in [-0.25, -0.2) is 4.79 Å². The lowest BCUT2D eigenvalue weighted by molar-refractivity contribution is -0.142. The average molecular weight is 270 g/mol. The Bertz CT molecular complexity index is 390. The van der Waals surface area contributed by atoms with E-state index in [9.17, 15) is 14.4 Å². The van der Waals surface area contributed by atoms with E-state index in [1.807, 2.05) is 0 Å². The summed E-state index contributed by atoms with van der Waals surface area (Å²) in [7, 11) is 0. The van der Waals surface area contributed by atoms with Crippen LogP contribution in [-0.2, 0) is 14.3 Å². The molecule has 0 radical (unpaired) electrons. The highest BCUT2D eigenvalue weighted by atomic mass is 16.6. The van der Waals surface area contributed by atoms with Crippen LogP contribution in [0.15, 0.2) is 0 Å². The fourth-order valence-electron chi connectivity index (χ4n) is 2.30. The maximum absolute atomic E-state index is 12.0. The Morgan fingerprint density at radius 2 is 1.68 bits per heavy atom. The maximum atomic E-state index is 12.0. The topological polar surface area (TPSA) is 87.2 Å². The Labute approximate surface area is 111 Å². The highest BCUT2D eigenvalue weighted by Gasteiger charge is 2.50. The maximum Gasteiger partial charge on any atom is 0.409 e. The number of piperazine rings is 1. The van der Waals surface area contributed by atoms with E-state index in [2.05, 4.69) is 0 Å². The quantitative estimate of drug-likeness (QED) is 0.780. The second kappa shape index (κ2) is 5.46. The van der Waals surface area contributed by atoms with Crippen LogP contribution >= 0.6 is 0 Å². The van der Waals surface area contributed by atoms with Crippen molar-refractivity contribution in [3.63, 3.8) is 0 Å². The van der Waals surface area contributed by atoms with Gasteiger partial charge in [-0.1, -0.05) is 0 Å². The van der Waals surface area contributed by atoms with Crippen molar-refractivity contribution in [1.82, 2.24) is 9.80 Å². The van der Waals surface area contributed by atoms with E-state index >= 15 is 0 Å². The van der Waals surface area contributed by atoms with E-state index in [4.69, 9.17) is 9.84 Å². The van der Waals surface area contributed by atoms with Gasteiger partial charge in [0.15, 0.2) is 0 Å². The molecule has 1 saturated heterocycles. The molecule has 7 nitrogen and oxygen atoms in total.